The maximum absolute atomic E-state index is 15.1. The topological polar surface area (TPSA) is 526 Å². The van der Waals surface area contributed by atoms with Gasteiger partial charge in [0, 0.05) is 52.0 Å². The molecular formula is C59H88N20O11. The molecule has 1 saturated carbocycles. The lowest BCUT2D eigenvalue weighted by atomic mass is 9.99. The van der Waals surface area contributed by atoms with Gasteiger partial charge in [0.2, 0.25) is 47.3 Å². The standard InChI is InChI=1S/C59H88N20O11/c1-35(80)34-90-29-28-89-27-26-68-47(81)20-19-44-50(84)76-45(31-36-10-3-2-4-11-36)52(86)77-46(32-37-17-18-38-12-5-6-13-39(38)30-37)51(85)74-43(16-9-24-71-57(64)65)53(87)79-59(33-40(59)21-25-72-58(66)67)54(88)78-42(15-8-23-70-56(62)63)49(83)73-41(48(82)75-44)14-7-22-69-55(60)61/h2-6,10-13,17-18,30,40-46H,7-9,14-16,19-29,31-34H2,1H3,(H,68,81)(H,73,83)(H,74,85)(H,75,82)(H,76,84)(H,77,86)(H,78,88)(H,79,87)(H4,60,61,69)(H4,62,63,70)(H4,64,65,71)(H4,66,67,72)/t40-,41-,42+,43+,44+,45-,46+,59?/m1/s1. The third-order valence-electron chi connectivity index (χ3n) is 14.7. The number of nitrogens with zero attached hydrogens (tertiary/aromatic N) is 4. The minimum atomic E-state index is -1.74. The highest BCUT2D eigenvalue weighted by molar-refractivity contribution is 6.01. The monoisotopic (exact) mass is 1250 g/mol. The molecule has 5 rings (SSSR count). The quantitative estimate of drug-likeness (QED) is 0.0171. The number of nitrogens with two attached hydrogens (primary N) is 8. The number of guanidine groups is 4. The molecule has 3 aromatic rings. The van der Waals surface area contributed by atoms with Crippen molar-refractivity contribution in [1.29, 1.82) is 0 Å². The Labute approximate surface area is 521 Å². The maximum atomic E-state index is 15.1. The first-order valence-corrected chi connectivity index (χ1v) is 29.8. The number of carbonyl (C=O) groups excluding carboxylic acids is 9. The summed E-state index contributed by atoms with van der Waals surface area (Å²) in [5.74, 6) is -8.32. The Hall–Kier alpha value is -9.65. The number of nitrogens with one attached hydrogen (secondary N) is 8. The molecule has 0 radical (unpaired) electrons. The normalized spacial score (nSPS) is 21.7. The summed E-state index contributed by atoms with van der Waals surface area (Å²) in [5, 5.41) is 24.0. The predicted octanol–water partition coefficient (Wildman–Crippen LogP) is -4.23. The van der Waals surface area contributed by atoms with Crippen molar-refractivity contribution >= 4 is 87.7 Å². The Kier molecular flexibility index (Phi) is 28.9. The summed E-state index contributed by atoms with van der Waals surface area (Å²) >= 11 is 0. The second-order valence-corrected chi connectivity index (χ2v) is 22.0. The smallest absolute Gasteiger partial charge is 0.246 e. The van der Waals surface area contributed by atoms with E-state index in [2.05, 4.69) is 62.5 Å². The zero-order chi connectivity index (χ0) is 65.6. The van der Waals surface area contributed by atoms with E-state index in [1.807, 2.05) is 36.4 Å². The fourth-order valence-corrected chi connectivity index (χ4v) is 9.99. The van der Waals surface area contributed by atoms with Gasteiger partial charge in [-0.1, -0.05) is 72.8 Å². The minimum Gasteiger partial charge on any atom is -0.377 e. The van der Waals surface area contributed by atoms with Gasteiger partial charge in [-0.05, 0) is 92.5 Å². The van der Waals surface area contributed by atoms with Crippen molar-refractivity contribution in [3.05, 3.63) is 83.9 Å². The molecule has 1 aliphatic carbocycles. The van der Waals surface area contributed by atoms with Crippen LogP contribution in [0.2, 0.25) is 0 Å². The number of fused-ring (bicyclic) bond motifs is 1. The lowest BCUT2D eigenvalue weighted by Gasteiger charge is -2.28. The van der Waals surface area contributed by atoms with E-state index in [0.717, 1.165) is 10.8 Å². The van der Waals surface area contributed by atoms with Crippen LogP contribution in [0.25, 0.3) is 10.8 Å². The van der Waals surface area contributed by atoms with E-state index in [-0.39, 0.29) is 166 Å². The number of hydrogen-bond acceptors (Lipinski definition) is 15. The molecule has 1 unspecified atom stereocenters. The van der Waals surface area contributed by atoms with E-state index < -0.39 is 95.0 Å². The van der Waals surface area contributed by atoms with Crippen molar-refractivity contribution in [2.45, 2.75) is 126 Å². The summed E-state index contributed by atoms with van der Waals surface area (Å²) in [6.07, 6.45) is -0.847. The molecule has 2 aliphatic rings. The molecule has 1 heterocycles. The Balaban J connectivity index is 1.64. The van der Waals surface area contributed by atoms with Gasteiger partial charge in [-0.3, -0.25) is 63.1 Å². The van der Waals surface area contributed by atoms with Crippen molar-refractivity contribution < 1.29 is 52.6 Å². The lowest BCUT2D eigenvalue weighted by molar-refractivity contribution is -0.136. The summed E-state index contributed by atoms with van der Waals surface area (Å²) < 4.78 is 10.7. The van der Waals surface area contributed by atoms with Gasteiger partial charge < -0.3 is 97.9 Å². The Bertz CT molecular complexity index is 3060. The SMILES string of the molecule is CC(=O)COCCOCCNC(=O)CC[C@@H]1NC(=O)[C@@H](CCCN=C(N)N)NC(=O)[C@H](CCCN=C(N)N)NC(=O)C2(C[C@H]2CCN=C(N)N)NC(=O)[C@H](CCCN=C(N)N)NC(=O)[C@H](Cc2ccc3ccccc3c2)NC(=O)[C@@H](Cc2ccccc2)NC1=O. The number of hydrogen-bond donors (Lipinski definition) is 16. The van der Waals surface area contributed by atoms with E-state index in [4.69, 9.17) is 55.3 Å². The van der Waals surface area contributed by atoms with Crippen molar-refractivity contribution in [1.82, 2.24) is 42.5 Å². The number of carbonyl (C=O) groups is 9. The third-order valence-corrected chi connectivity index (χ3v) is 14.7. The molecule has 0 aromatic heterocycles. The summed E-state index contributed by atoms with van der Waals surface area (Å²) in [6.45, 7) is 1.77. The average molecular weight is 1250 g/mol. The Morgan fingerprint density at radius 3 is 1.50 bits per heavy atom. The lowest BCUT2D eigenvalue weighted by Crippen LogP contribution is -2.61. The first-order valence-electron chi connectivity index (χ1n) is 29.8. The molecule has 24 N–H and O–H groups in total. The molecule has 1 saturated heterocycles. The van der Waals surface area contributed by atoms with Gasteiger partial charge in [0.15, 0.2) is 29.6 Å². The predicted molar refractivity (Wildman–Crippen MR) is 338 cm³/mol. The summed E-state index contributed by atoms with van der Waals surface area (Å²) in [7, 11) is 0. The second-order valence-electron chi connectivity index (χ2n) is 22.0. The summed E-state index contributed by atoms with van der Waals surface area (Å²) in [4.78, 5) is 146. The van der Waals surface area contributed by atoms with Crippen molar-refractivity contribution in [3.63, 3.8) is 0 Å². The van der Waals surface area contributed by atoms with Crippen LogP contribution < -0.4 is 88.4 Å². The largest absolute Gasteiger partial charge is 0.377 e. The van der Waals surface area contributed by atoms with Crippen molar-refractivity contribution in [3.8, 4) is 0 Å². The highest BCUT2D eigenvalue weighted by Gasteiger charge is 2.61. The Morgan fingerprint density at radius 1 is 0.500 bits per heavy atom. The molecule has 3 aromatic carbocycles. The highest BCUT2D eigenvalue weighted by atomic mass is 16.5. The third kappa shape index (κ3) is 24.8. The van der Waals surface area contributed by atoms with E-state index in [9.17, 15) is 28.8 Å². The first-order chi connectivity index (χ1) is 43.0. The number of aliphatic imine (C=N–C) groups is 4. The van der Waals surface area contributed by atoms with Gasteiger partial charge in [0.1, 0.15) is 48.4 Å². The van der Waals surface area contributed by atoms with Crippen LogP contribution in [0.5, 0.6) is 0 Å². The van der Waals surface area contributed by atoms with Crippen LogP contribution in [-0.2, 0) is 65.5 Å². The molecule has 1 spiro atoms. The fraction of sp³-hybridized carbons (Fsp3) is 0.508. The summed E-state index contributed by atoms with van der Waals surface area (Å²) in [5.41, 5.74) is 44.6. The molecular weight excluding hydrogens is 1160 g/mol. The average Bonchev–Trinajstić information content (AvgIpc) is 1.64. The number of benzene rings is 3. The van der Waals surface area contributed by atoms with Gasteiger partial charge in [-0.15, -0.1) is 0 Å². The van der Waals surface area contributed by atoms with Gasteiger partial charge in [-0.2, -0.15) is 0 Å². The minimum absolute atomic E-state index is 0.00581. The van der Waals surface area contributed by atoms with Gasteiger partial charge in [0.25, 0.3) is 0 Å². The number of amides is 8. The van der Waals surface area contributed by atoms with Gasteiger partial charge in [0.05, 0.1) is 19.8 Å². The van der Waals surface area contributed by atoms with Crippen LogP contribution in [0, 0.1) is 5.92 Å². The van der Waals surface area contributed by atoms with E-state index in [1.165, 1.54) is 6.92 Å². The molecule has 31 nitrogen and oxygen atoms in total. The molecule has 90 heavy (non-hydrogen) atoms. The van der Waals surface area contributed by atoms with Gasteiger partial charge in [-0.25, -0.2) is 0 Å². The van der Waals surface area contributed by atoms with Crippen LogP contribution in [0.4, 0.5) is 0 Å². The molecule has 0 bridgehead atoms. The molecule has 1 aliphatic heterocycles. The molecule has 2 fully saturated rings. The molecule has 8 amide bonds. The fourth-order valence-electron chi connectivity index (χ4n) is 9.99. The van der Waals surface area contributed by atoms with Crippen molar-refractivity contribution in [2.75, 3.05) is 59.2 Å². The zero-order valence-corrected chi connectivity index (χ0v) is 50.7. The number of ether oxygens (including phenoxy) is 2. The maximum Gasteiger partial charge on any atom is 0.246 e. The Morgan fingerprint density at radius 2 is 0.956 bits per heavy atom. The number of ketones is 1. The zero-order valence-electron chi connectivity index (χ0n) is 50.7. The summed E-state index contributed by atoms with van der Waals surface area (Å²) in [6, 6.07) is 12.8. The van der Waals surface area contributed by atoms with Crippen LogP contribution in [0.1, 0.15) is 82.3 Å². The molecule has 31 heteroatoms. The van der Waals surface area contributed by atoms with E-state index >= 15 is 14.4 Å². The van der Waals surface area contributed by atoms with Crippen LogP contribution in [0.15, 0.2) is 92.8 Å². The van der Waals surface area contributed by atoms with E-state index in [1.54, 1.807) is 36.4 Å². The van der Waals surface area contributed by atoms with Crippen LogP contribution in [0.3, 0.4) is 0 Å². The second kappa shape index (κ2) is 36.6. The first kappa shape index (κ1) is 71.1. The molecule has 490 valence electrons. The van der Waals surface area contributed by atoms with Crippen molar-refractivity contribution in [2.24, 2.45) is 71.8 Å². The molecule has 8 atom stereocenters. The van der Waals surface area contributed by atoms with Crippen LogP contribution in [-0.4, -0.2) is 178 Å². The van der Waals surface area contributed by atoms with Crippen LogP contribution >= 0.6 is 0 Å². The van der Waals surface area contributed by atoms with Gasteiger partial charge >= 0.3 is 0 Å². The highest BCUT2D eigenvalue weighted by Crippen LogP contribution is 2.46. The number of Topliss-reactive ketones (excluding diaryl/α,β-unsaturated/α-hetero) is 1. The van der Waals surface area contributed by atoms with E-state index in [0.29, 0.717) is 11.1 Å². The number of rotatable bonds is 30.